The Bertz CT molecular complexity index is 452. The quantitative estimate of drug-likeness (QED) is 0.862. The summed E-state index contributed by atoms with van der Waals surface area (Å²) in [6.07, 6.45) is 2.32. The van der Waals surface area contributed by atoms with Crippen molar-refractivity contribution in [2.45, 2.75) is 32.7 Å². The van der Waals surface area contributed by atoms with Crippen molar-refractivity contribution in [1.29, 1.82) is 0 Å². The number of nitrogens with one attached hydrogen (secondary N) is 1. The molecule has 0 aromatic heterocycles. The summed E-state index contributed by atoms with van der Waals surface area (Å²) in [4.78, 5) is 2.51. The standard InChI is InChI=1S/C17H27FN2O.ClH/c1-4-5-13(2)17(20-10-8-19-9-11-20)15-7-6-14(18)12-16(15)21-3;/h6-7,12-13,17,19H,4-5,8-11H2,1-3H3;1H/t13?,17-;/m0./s1. The molecule has 2 rings (SSSR count). The van der Waals surface area contributed by atoms with Gasteiger partial charge in [-0.1, -0.05) is 26.3 Å². The number of piperazine rings is 1. The van der Waals surface area contributed by atoms with E-state index in [1.807, 2.05) is 6.07 Å². The van der Waals surface area contributed by atoms with E-state index in [1.54, 1.807) is 13.2 Å². The van der Waals surface area contributed by atoms with Gasteiger partial charge in [-0.05, 0) is 18.4 Å². The molecular formula is C17H28ClFN2O. The molecule has 1 unspecified atom stereocenters. The third-order valence-corrected chi connectivity index (χ3v) is 4.34. The summed E-state index contributed by atoms with van der Waals surface area (Å²) in [5.74, 6) is 0.951. The highest BCUT2D eigenvalue weighted by molar-refractivity contribution is 5.85. The predicted octanol–water partition coefficient (Wildman–Crippen LogP) is 3.64. The van der Waals surface area contributed by atoms with Crippen LogP contribution in [0.4, 0.5) is 4.39 Å². The second-order valence-electron chi connectivity index (χ2n) is 5.88. The summed E-state index contributed by atoms with van der Waals surface area (Å²) in [6, 6.07) is 5.24. The zero-order valence-electron chi connectivity index (χ0n) is 13.8. The van der Waals surface area contributed by atoms with Crippen LogP contribution in [0.5, 0.6) is 5.75 Å². The molecule has 1 aliphatic rings. The number of ether oxygens (including phenoxy) is 1. The van der Waals surface area contributed by atoms with Crippen LogP contribution in [0.25, 0.3) is 0 Å². The molecule has 0 radical (unpaired) electrons. The van der Waals surface area contributed by atoms with Crippen molar-refractivity contribution >= 4 is 12.4 Å². The Morgan fingerprint density at radius 1 is 1.32 bits per heavy atom. The number of benzene rings is 1. The number of halogens is 2. The second kappa shape index (κ2) is 9.33. The summed E-state index contributed by atoms with van der Waals surface area (Å²) in [5, 5.41) is 3.40. The average Bonchev–Trinajstić information content (AvgIpc) is 2.50. The van der Waals surface area contributed by atoms with E-state index in [1.165, 1.54) is 6.07 Å². The summed E-state index contributed by atoms with van der Waals surface area (Å²) in [7, 11) is 1.62. The van der Waals surface area contributed by atoms with Gasteiger partial charge in [0.1, 0.15) is 11.6 Å². The Morgan fingerprint density at radius 3 is 2.59 bits per heavy atom. The molecule has 0 bridgehead atoms. The van der Waals surface area contributed by atoms with Crippen molar-refractivity contribution in [1.82, 2.24) is 10.2 Å². The molecule has 2 atom stereocenters. The van der Waals surface area contributed by atoms with Crippen molar-refractivity contribution in [3.8, 4) is 5.75 Å². The topological polar surface area (TPSA) is 24.5 Å². The van der Waals surface area contributed by atoms with Crippen LogP contribution in [0, 0.1) is 11.7 Å². The molecule has 0 spiro atoms. The number of methoxy groups -OCH3 is 1. The van der Waals surface area contributed by atoms with Crippen molar-refractivity contribution < 1.29 is 9.13 Å². The van der Waals surface area contributed by atoms with Gasteiger partial charge in [0, 0.05) is 43.9 Å². The lowest BCUT2D eigenvalue weighted by atomic mass is 9.88. The number of hydrogen-bond donors (Lipinski definition) is 1. The molecule has 22 heavy (non-hydrogen) atoms. The average molecular weight is 331 g/mol. The zero-order valence-corrected chi connectivity index (χ0v) is 14.6. The van der Waals surface area contributed by atoms with Crippen LogP contribution in [0.2, 0.25) is 0 Å². The van der Waals surface area contributed by atoms with Gasteiger partial charge in [-0.2, -0.15) is 0 Å². The van der Waals surface area contributed by atoms with Crippen molar-refractivity contribution in [2.75, 3.05) is 33.3 Å². The fourth-order valence-corrected chi connectivity index (χ4v) is 3.37. The molecule has 5 heteroatoms. The molecule has 0 saturated carbocycles. The molecule has 0 amide bonds. The van der Waals surface area contributed by atoms with E-state index in [2.05, 4.69) is 24.1 Å². The normalized spacial score (nSPS) is 18.4. The molecule has 1 N–H and O–H groups in total. The lowest BCUT2D eigenvalue weighted by Crippen LogP contribution is -2.46. The first-order valence-corrected chi connectivity index (χ1v) is 7.95. The minimum atomic E-state index is -0.238. The van der Waals surface area contributed by atoms with Crippen LogP contribution in [-0.2, 0) is 0 Å². The molecule has 1 aliphatic heterocycles. The summed E-state index contributed by atoms with van der Waals surface area (Å²) in [5.41, 5.74) is 1.11. The summed E-state index contributed by atoms with van der Waals surface area (Å²) in [6.45, 7) is 8.59. The third kappa shape index (κ3) is 4.58. The van der Waals surface area contributed by atoms with E-state index >= 15 is 0 Å². The highest BCUT2D eigenvalue weighted by Gasteiger charge is 2.29. The number of hydrogen-bond acceptors (Lipinski definition) is 3. The molecule has 126 valence electrons. The summed E-state index contributed by atoms with van der Waals surface area (Å²) >= 11 is 0. The Morgan fingerprint density at radius 2 is 2.00 bits per heavy atom. The van der Waals surface area contributed by atoms with Crippen molar-refractivity contribution in [3.05, 3.63) is 29.6 Å². The first-order chi connectivity index (χ1) is 10.2. The number of rotatable bonds is 6. The molecular weight excluding hydrogens is 303 g/mol. The van der Waals surface area contributed by atoms with Crippen LogP contribution in [0.1, 0.15) is 38.3 Å². The predicted molar refractivity (Wildman–Crippen MR) is 91.5 cm³/mol. The van der Waals surface area contributed by atoms with Gasteiger partial charge >= 0.3 is 0 Å². The van der Waals surface area contributed by atoms with Crippen molar-refractivity contribution in [3.63, 3.8) is 0 Å². The Labute approximate surface area is 139 Å². The first kappa shape index (κ1) is 19.2. The number of nitrogens with zero attached hydrogens (tertiary/aromatic N) is 1. The van der Waals surface area contributed by atoms with Crippen LogP contribution in [-0.4, -0.2) is 38.2 Å². The first-order valence-electron chi connectivity index (χ1n) is 7.95. The fraction of sp³-hybridized carbons (Fsp3) is 0.647. The van der Waals surface area contributed by atoms with E-state index in [-0.39, 0.29) is 18.2 Å². The van der Waals surface area contributed by atoms with Gasteiger partial charge in [-0.3, -0.25) is 4.90 Å². The van der Waals surface area contributed by atoms with E-state index in [0.29, 0.717) is 17.7 Å². The Kier molecular flexibility index (Phi) is 8.15. The lowest BCUT2D eigenvalue weighted by Gasteiger charge is -2.39. The lowest BCUT2D eigenvalue weighted by molar-refractivity contribution is 0.123. The fourth-order valence-electron chi connectivity index (χ4n) is 3.37. The molecule has 1 fully saturated rings. The van der Waals surface area contributed by atoms with Crippen LogP contribution >= 0.6 is 12.4 Å². The van der Waals surface area contributed by atoms with E-state index in [9.17, 15) is 4.39 Å². The zero-order chi connectivity index (χ0) is 15.2. The third-order valence-electron chi connectivity index (χ3n) is 4.34. The molecule has 1 heterocycles. The van der Waals surface area contributed by atoms with Gasteiger partial charge in [0.25, 0.3) is 0 Å². The van der Waals surface area contributed by atoms with Crippen LogP contribution in [0.3, 0.4) is 0 Å². The van der Waals surface area contributed by atoms with E-state index < -0.39 is 0 Å². The highest BCUT2D eigenvalue weighted by Crippen LogP contribution is 2.37. The maximum Gasteiger partial charge on any atom is 0.126 e. The smallest absolute Gasteiger partial charge is 0.126 e. The van der Waals surface area contributed by atoms with Crippen molar-refractivity contribution in [2.24, 2.45) is 5.92 Å². The van der Waals surface area contributed by atoms with E-state index in [0.717, 1.165) is 44.6 Å². The maximum absolute atomic E-state index is 13.5. The second-order valence-corrected chi connectivity index (χ2v) is 5.88. The van der Waals surface area contributed by atoms with Gasteiger partial charge in [-0.25, -0.2) is 4.39 Å². The van der Waals surface area contributed by atoms with Gasteiger partial charge in [0.2, 0.25) is 0 Å². The van der Waals surface area contributed by atoms with Gasteiger partial charge in [0.05, 0.1) is 7.11 Å². The largest absolute Gasteiger partial charge is 0.496 e. The Hall–Kier alpha value is -0.840. The molecule has 3 nitrogen and oxygen atoms in total. The minimum absolute atomic E-state index is 0. The molecule has 1 saturated heterocycles. The van der Waals surface area contributed by atoms with Crippen LogP contribution < -0.4 is 10.1 Å². The van der Waals surface area contributed by atoms with E-state index in [4.69, 9.17) is 4.74 Å². The highest BCUT2D eigenvalue weighted by atomic mass is 35.5. The Balaban J connectivity index is 0.00000242. The SMILES string of the molecule is CCCC(C)[C@@H](c1ccc(F)cc1OC)N1CCNCC1.Cl. The molecule has 1 aromatic carbocycles. The maximum atomic E-state index is 13.5. The molecule has 1 aromatic rings. The van der Waals surface area contributed by atoms with Gasteiger partial charge in [0.15, 0.2) is 0 Å². The monoisotopic (exact) mass is 330 g/mol. The van der Waals surface area contributed by atoms with Crippen LogP contribution in [0.15, 0.2) is 18.2 Å². The molecule has 0 aliphatic carbocycles. The van der Waals surface area contributed by atoms with Gasteiger partial charge < -0.3 is 10.1 Å². The van der Waals surface area contributed by atoms with Gasteiger partial charge in [-0.15, -0.1) is 12.4 Å². The summed E-state index contributed by atoms with van der Waals surface area (Å²) < 4.78 is 18.9. The minimum Gasteiger partial charge on any atom is -0.496 e.